The van der Waals surface area contributed by atoms with Gasteiger partial charge in [0.05, 0.1) is 5.56 Å². The summed E-state index contributed by atoms with van der Waals surface area (Å²) in [6.45, 7) is 5.49. The first-order chi connectivity index (χ1) is 9.74. The first kappa shape index (κ1) is 15.4. The second kappa shape index (κ2) is 5.76. The number of carboxylic acid groups (broad SMARTS) is 1. The Bertz CT molecular complexity index is 560. The SMILES string of the molecule is CC(C)(C)OC(=O)N[C@H]1CCc2cc(C(=O)O)ccc2C1. The lowest BCUT2D eigenvalue weighted by Crippen LogP contribution is -2.41. The van der Waals surface area contributed by atoms with Crippen LogP contribution in [0.15, 0.2) is 18.2 Å². The highest BCUT2D eigenvalue weighted by molar-refractivity contribution is 5.88. The van der Waals surface area contributed by atoms with Gasteiger partial charge in [-0.3, -0.25) is 0 Å². The number of aromatic carboxylic acids is 1. The van der Waals surface area contributed by atoms with Crippen LogP contribution in [0.25, 0.3) is 0 Å². The van der Waals surface area contributed by atoms with Crippen LogP contribution in [-0.2, 0) is 17.6 Å². The number of ether oxygens (including phenoxy) is 1. The molecule has 1 aromatic rings. The summed E-state index contributed by atoms with van der Waals surface area (Å²) in [5.41, 5.74) is 1.95. The zero-order chi connectivity index (χ0) is 15.6. The monoisotopic (exact) mass is 291 g/mol. The van der Waals surface area contributed by atoms with Gasteiger partial charge in [-0.05, 0) is 63.3 Å². The van der Waals surface area contributed by atoms with E-state index in [1.54, 1.807) is 12.1 Å². The van der Waals surface area contributed by atoms with E-state index >= 15 is 0 Å². The summed E-state index contributed by atoms with van der Waals surface area (Å²) in [6, 6.07) is 5.20. The summed E-state index contributed by atoms with van der Waals surface area (Å²) in [7, 11) is 0. The topological polar surface area (TPSA) is 75.6 Å². The first-order valence-corrected chi connectivity index (χ1v) is 7.09. The average molecular weight is 291 g/mol. The van der Waals surface area contributed by atoms with Crippen molar-refractivity contribution in [1.82, 2.24) is 5.32 Å². The maximum absolute atomic E-state index is 11.8. The smallest absolute Gasteiger partial charge is 0.407 e. The Balaban J connectivity index is 2.00. The number of alkyl carbamates (subject to hydrolysis) is 1. The minimum Gasteiger partial charge on any atom is -0.478 e. The highest BCUT2D eigenvalue weighted by Crippen LogP contribution is 2.23. The summed E-state index contributed by atoms with van der Waals surface area (Å²) >= 11 is 0. The van der Waals surface area contributed by atoms with E-state index in [-0.39, 0.29) is 6.04 Å². The number of fused-ring (bicyclic) bond motifs is 1. The highest BCUT2D eigenvalue weighted by Gasteiger charge is 2.23. The van der Waals surface area contributed by atoms with Gasteiger partial charge in [0.2, 0.25) is 0 Å². The van der Waals surface area contributed by atoms with Gasteiger partial charge in [0.25, 0.3) is 0 Å². The van der Waals surface area contributed by atoms with Crippen LogP contribution in [0.5, 0.6) is 0 Å². The van der Waals surface area contributed by atoms with E-state index in [1.807, 2.05) is 26.8 Å². The van der Waals surface area contributed by atoms with Gasteiger partial charge in [0.1, 0.15) is 5.60 Å². The van der Waals surface area contributed by atoms with Crippen LogP contribution in [0.1, 0.15) is 48.7 Å². The van der Waals surface area contributed by atoms with Crippen molar-refractivity contribution in [2.75, 3.05) is 0 Å². The molecule has 5 nitrogen and oxygen atoms in total. The quantitative estimate of drug-likeness (QED) is 0.878. The molecule has 0 fully saturated rings. The average Bonchev–Trinajstić information content (AvgIpc) is 2.35. The maximum Gasteiger partial charge on any atom is 0.407 e. The van der Waals surface area contributed by atoms with Crippen molar-refractivity contribution in [3.8, 4) is 0 Å². The molecule has 0 unspecified atom stereocenters. The fourth-order valence-corrected chi connectivity index (χ4v) is 2.49. The Kier molecular flexibility index (Phi) is 4.21. The van der Waals surface area contributed by atoms with E-state index < -0.39 is 17.7 Å². The lowest BCUT2D eigenvalue weighted by Gasteiger charge is -2.27. The van der Waals surface area contributed by atoms with Crippen LogP contribution in [-0.4, -0.2) is 28.8 Å². The van der Waals surface area contributed by atoms with Crippen molar-refractivity contribution in [1.29, 1.82) is 0 Å². The minimum atomic E-state index is -0.910. The third-order valence-corrected chi connectivity index (χ3v) is 3.40. The number of amides is 1. The van der Waals surface area contributed by atoms with E-state index in [1.165, 1.54) is 0 Å². The summed E-state index contributed by atoms with van der Waals surface area (Å²) in [6.07, 6.45) is 1.85. The molecule has 0 radical (unpaired) electrons. The number of aryl methyl sites for hydroxylation is 1. The van der Waals surface area contributed by atoms with E-state index in [4.69, 9.17) is 9.84 Å². The Morgan fingerprint density at radius 1 is 1.29 bits per heavy atom. The molecule has 0 bridgehead atoms. The second-order valence-electron chi connectivity index (χ2n) is 6.37. The molecule has 5 heteroatoms. The number of rotatable bonds is 2. The van der Waals surface area contributed by atoms with Gasteiger partial charge in [-0.2, -0.15) is 0 Å². The standard InChI is InChI=1S/C16H21NO4/c1-16(2,3)21-15(20)17-13-7-6-10-8-12(14(18)19)5-4-11(10)9-13/h4-5,8,13H,6-7,9H2,1-3H3,(H,17,20)(H,18,19)/t13-/m0/s1. The van der Waals surface area contributed by atoms with E-state index in [2.05, 4.69) is 5.32 Å². The van der Waals surface area contributed by atoms with Gasteiger partial charge in [0, 0.05) is 6.04 Å². The molecule has 2 rings (SSSR count). The van der Waals surface area contributed by atoms with Crippen LogP contribution in [0, 0.1) is 0 Å². The van der Waals surface area contributed by atoms with Crippen molar-refractivity contribution in [2.45, 2.75) is 51.7 Å². The Morgan fingerprint density at radius 2 is 2.00 bits per heavy atom. The number of carbonyl (C=O) groups excluding carboxylic acids is 1. The molecule has 1 atom stereocenters. The first-order valence-electron chi connectivity index (χ1n) is 7.09. The molecular formula is C16H21NO4. The summed E-state index contributed by atoms with van der Waals surface area (Å²) in [4.78, 5) is 22.7. The zero-order valence-corrected chi connectivity index (χ0v) is 12.6. The molecule has 114 valence electrons. The molecule has 1 aliphatic rings. The molecule has 1 amide bonds. The molecule has 1 aliphatic carbocycles. The van der Waals surface area contributed by atoms with Crippen molar-refractivity contribution >= 4 is 12.1 Å². The van der Waals surface area contributed by atoms with Crippen molar-refractivity contribution in [3.05, 3.63) is 34.9 Å². The molecule has 0 saturated carbocycles. The molecule has 0 saturated heterocycles. The largest absolute Gasteiger partial charge is 0.478 e. The number of carbonyl (C=O) groups is 2. The zero-order valence-electron chi connectivity index (χ0n) is 12.6. The Hall–Kier alpha value is -2.04. The van der Waals surface area contributed by atoms with Gasteiger partial charge in [-0.25, -0.2) is 9.59 Å². The van der Waals surface area contributed by atoms with Crippen molar-refractivity contribution < 1.29 is 19.4 Å². The molecule has 1 aromatic carbocycles. The van der Waals surface area contributed by atoms with Gasteiger partial charge < -0.3 is 15.2 Å². The number of benzene rings is 1. The number of carboxylic acids is 1. The third-order valence-electron chi connectivity index (χ3n) is 3.40. The van der Waals surface area contributed by atoms with Gasteiger partial charge in [0.15, 0.2) is 0 Å². The predicted octanol–water partition coefficient (Wildman–Crippen LogP) is 2.77. The lowest BCUT2D eigenvalue weighted by atomic mass is 9.87. The Morgan fingerprint density at radius 3 is 2.62 bits per heavy atom. The third kappa shape index (κ3) is 4.21. The second-order valence-corrected chi connectivity index (χ2v) is 6.37. The lowest BCUT2D eigenvalue weighted by molar-refractivity contribution is 0.0500. The Labute approximate surface area is 124 Å². The van der Waals surface area contributed by atoms with E-state index in [0.29, 0.717) is 12.0 Å². The normalized spacial score (nSPS) is 17.8. The molecule has 21 heavy (non-hydrogen) atoms. The van der Waals surface area contributed by atoms with Gasteiger partial charge in [-0.15, -0.1) is 0 Å². The van der Waals surface area contributed by atoms with Gasteiger partial charge in [-0.1, -0.05) is 6.07 Å². The van der Waals surface area contributed by atoms with Crippen LogP contribution < -0.4 is 5.32 Å². The molecule has 2 N–H and O–H groups in total. The molecule has 0 aliphatic heterocycles. The predicted molar refractivity (Wildman–Crippen MR) is 78.6 cm³/mol. The molecule has 0 heterocycles. The number of hydrogen-bond acceptors (Lipinski definition) is 3. The number of nitrogens with one attached hydrogen (secondary N) is 1. The highest BCUT2D eigenvalue weighted by atomic mass is 16.6. The summed E-state index contributed by atoms with van der Waals surface area (Å²) < 4.78 is 5.25. The molecule has 0 aromatic heterocycles. The van der Waals surface area contributed by atoms with Crippen LogP contribution >= 0.6 is 0 Å². The van der Waals surface area contributed by atoms with Crippen molar-refractivity contribution in [3.63, 3.8) is 0 Å². The fourth-order valence-electron chi connectivity index (χ4n) is 2.49. The fraction of sp³-hybridized carbons (Fsp3) is 0.500. The van der Waals surface area contributed by atoms with Crippen molar-refractivity contribution in [2.24, 2.45) is 0 Å². The number of hydrogen-bond donors (Lipinski definition) is 2. The van der Waals surface area contributed by atoms with Crippen LogP contribution in [0.4, 0.5) is 4.79 Å². The van der Waals surface area contributed by atoms with E-state index in [0.717, 1.165) is 24.0 Å². The molecule has 0 spiro atoms. The van der Waals surface area contributed by atoms with Crippen LogP contribution in [0.2, 0.25) is 0 Å². The summed E-state index contributed by atoms with van der Waals surface area (Å²) in [5, 5.41) is 11.9. The molecular weight excluding hydrogens is 270 g/mol. The maximum atomic E-state index is 11.8. The summed E-state index contributed by atoms with van der Waals surface area (Å²) in [5.74, 6) is -0.910. The van der Waals surface area contributed by atoms with Crippen LogP contribution in [0.3, 0.4) is 0 Å². The van der Waals surface area contributed by atoms with Gasteiger partial charge >= 0.3 is 12.1 Å². The van der Waals surface area contributed by atoms with E-state index in [9.17, 15) is 9.59 Å². The minimum absolute atomic E-state index is 0.0306.